The topological polar surface area (TPSA) is 20.3 Å². The number of likely N-dealkylation sites (tertiary alicyclic amines) is 1. The van der Waals surface area contributed by atoms with E-state index in [0.29, 0.717) is 5.56 Å². The predicted molar refractivity (Wildman–Crippen MR) is 80.6 cm³/mol. The minimum absolute atomic E-state index is 0.0831. The van der Waals surface area contributed by atoms with Crippen molar-refractivity contribution in [1.82, 2.24) is 4.90 Å². The van der Waals surface area contributed by atoms with Crippen LogP contribution in [0, 0.1) is 12.7 Å². The second-order valence-electron chi connectivity index (χ2n) is 5.52. The number of rotatable bonds is 2. The number of carbonyl (C=O) groups is 1. The first-order valence-corrected chi connectivity index (χ1v) is 7.29. The first-order chi connectivity index (χ1) is 10.2. The molecule has 1 amide bonds. The molecule has 1 aliphatic rings. The monoisotopic (exact) mass is 283 g/mol. The largest absolute Gasteiger partial charge is 0.332 e. The Hall–Kier alpha value is -2.16. The number of hydrogen-bond donors (Lipinski definition) is 0. The van der Waals surface area contributed by atoms with E-state index in [2.05, 4.69) is 19.1 Å². The number of hydrogen-bond acceptors (Lipinski definition) is 1. The van der Waals surface area contributed by atoms with Crippen molar-refractivity contribution in [2.75, 3.05) is 6.54 Å². The lowest BCUT2D eigenvalue weighted by atomic mass is 9.99. The van der Waals surface area contributed by atoms with Gasteiger partial charge in [0.05, 0.1) is 6.04 Å². The zero-order valence-electron chi connectivity index (χ0n) is 12.1. The first-order valence-electron chi connectivity index (χ1n) is 7.29. The van der Waals surface area contributed by atoms with Gasteiger partial charge in [-0.25, -0.2) is 4.39 Å². The second kappa shape index (κ2) is 5.68. The number of halogens is 1. The van der Waals surface area contributed by atoms with E-state index in [-0.39, 0.29) is 17.8 Å². The Balaban J connectivity index is 1.91. The molecule has 3 heteroatoms. The van der Waals surface area contributed by atoms with Crippen LogP contribution in [0.2, 0.25) is 0 Å². The average molecular weight is 283 g/mol. The SMILES string of the molecule is Cc1ccccc1[C@@H]1CCCN1C(=O)c1cccc(F)c1. The van der Waals surface area contributed by atoms with Crippen LogP contribution in [0.3, 0.4) is 0 Å². The summed E-state index contributed by atoms with van der Waals surface area (Å²) in [5.74, 6) is -0.451. The van der Waals surface area contributed by atoms with Crippen LogP contribution in [0.5, 0.6) is 0 Å². The van der Waals surface area contributed by atoms with Crippen molar-refractivity contribution in [3.8, 4) is 0 Å². The Morgan fingerprint density at radius 1 is 1.19 bits per heavy atom. The molecule has 1 saturated heterocycles. The van der Waals surface area contributed by atoms with Crippen molar-refractivity contribution in [3.63, 3.8) is 0 Å². The van der Waals surface area contributed by atoms with Crippen LogP contribution < -0.4 is 0 Å². The maximum Gasteiger partial charge on any atom is 0.254 e. The number of carbonyl (C=O) groups excluding carboxylic acids is 1. The van der Waals surface area contributed by atoms with Gasteiger partial charge in [-0.2, -0.15) is 0 Å². The number of benzene rings is 2. The van der Waals surface area contributed by atoms with Gasteiger partial charge in [-0.3, -0.25) is 4.79 Å². The Morgan fingerprint density at radius 2 is 2.00 bits per heavy atom. The lowest BCUT2D eigenvalue weighted by molar-refractivity contribution is 0.0735. The molecule has 0 N–H and O–H groups in total. The van der Waals surface area contributed by atoms with Gasteiger partial charge in [-0.1, -0.05) is 30.3 Å². The van der Waals surface area contributed by atoms with Crippen LogP contribution in [0.25, 0.3) is 0 Å². The van der Waals surface area contributed by atoms with Gasteiger partial charge >= 0.3 is 0 Å². The summed E-state index contributed by atoms with van der Waals surface area (Å²) in [5, 5.41) is 0. The molecule has 1 fully saturated rings. The van der Waals surface area contributed by atoms with Crippen LogP contribution in [-0.2, 0) is 0 Å². The van der Waals surface area contributed by atoms with E-state index in [0.717, 1.165) is 19.4 Å². The van der Waals surface area contributed by atoms with Gasteiger partial charge in [0.15, 0.2) is 0 Å². The van der Waals surface area contributed by atoms with Crippen molar-refractivity contribution in [2.45, 2.75) is 25.8 Å². The third kappa shape index (κ3) is 2.68. The van der Waals surface area contributed by atoms with Crippen LogP contribution in [-0.4, -0.2) is 17.4 Å². The minimum Gasteiger partial charge on any atom is -0.332 e. The van der Waals surface area contributed by atoms with Gasteiger partial charge < -0.3 is 4.90 Å². The van der Waals surface area contributed by atoms with E-state index in [9.17, 15) is 9.18 Å². The maximum absolute atomic E-state index is 13.3. The van der Waals surface area contributed by atoms with Crippen LogP contribution in [0.4, 0.5) is 4.39 Å². The molecule has 21 heavy (non-hydrogen) atoms. The molecule has 0 saturated carbocycles. The fraction of sp³-hybridized carbons (Fsp3) is 0.278. The third-order valence-electron chi connectivity index (χ3n) is 4.13. The van der Waals surface area contributed by atoms with Gasteiger partial charge in [-0.15, -0.1) is 0 Å². The van der Waals surface area contributed by atoms with E-state index in [4.69, 9.17) is 0 Å². The number of amides is 1. The molecule has 3 rings (SSSR count). The van der Waals surface area contributed by atoms with Crippen LogP contribution in [0.15, 0.2) is 48.5 Å². The summed E-state index contributed by atoms with van der Waals surface area (Å²) in [6.45, 7) is 2.80. The molecule has 0 aromatic heterocycles. The van der Waals surface area contributed by atoms with Crippen molar-refractivity contribution in [3.05, 3.63) is 71.0 Å². The Bertz CT molecular complexity index is 668. The van der Waals surface area contributed by atoms with Crippen LogP contribution in [0.1, 0.15) is 40.4 Å². The highest BCUT2D eigenvalue weighted by Gasteiger charge is 2.31. The van der Waals surface area contributed by atoms with Crippen molar-refractivity contribution in [2.24, 2.45) is 0 Å². The zero-order valence-corrected chi connectivity index (χ0v) is 12.1. The minimum atomic E-state index is -0.368. The third-order valence-corrected chi connectivity index (χ3v) is 4.13. The second-order valence-corrected chi connectivity index (χ2v) is 5.52. The Labute approximate surface area is 124 Å². The molecule has 2 nitrogen and oxygen atoms in total. The summed E-state index contributed by atoms with van der Waals surface area (Å²) in [5.41, 5.74) is 2.82. The van der Waals surface area contributed by atoms with Crippen molar-refractivity contribution >= 4 is 5.91 Å². The lowest BCUT2D eigenvalue weighted by Gasteiger charge is -2.26. The fourth-order valence-electron chi connectivity index (χ4n) is 3.08. The van der Waals surface area contributed by atoms with E-state index in [1.54, 1.807) is 12.1 Å². The van der Waals surface area contributed by atoms with Crippen LogP contribution >= 0.6 is 0 Å². The van der Waals surface area contributed by atoms with Crippen molar-refractivity contribution in [1.29, 1.82) is 0 Å². The standard InChI is InChI=1S/C18H18FNO/c1-13-6-2-3-9-16(13)17-10-5-11-20(17)18(21)14-7-4-8-15(19)12-14/h2-4,6-9,12,17H,5,10-11H2,1H3/t17-/m0/s1. The summed E-state index contributed by atoms with van der Waals surface area (Å²) >= 11 is 0. The van der Waals surface area contributed by atoms with E-state index in [1.165, 1.54) is 23.3 Å². The zero-order chi connectivity index (χ0) is 14.8. The summed E-state index contributed by atoms with van der Waals surface area (Å²) in [6.07, 6.45) is 1.95. The molecule has 1 atom stereocenters. The predicted octanol–water partition coefficient (Wildman–Crippen LogP) is 4.11. The van der Waals surface area contributed by atoms with Crippen molar-refractivity contribution < 1.29 is 9.18 Å². The molecule has 0 spiro atoms. The van der Waals surface area contributed by atoms with E-state index < -0.39 is 0 Å². The number of aryl methyl sites for hydroxylation is 1. The highest BCUT2D eigenvalue weighted by molar-refractivity contribution is 5.94. The normalized spacial score (nSPS) is 18.0. The molecule has 1 heterocycles. The molecule has 1 aliphatic heterocycles. The van der Waals surface area contributed by atoms with Gasteiger partial charge in [0, 0.05) is 12.1 Å². The molecular formula is C18H18FNO. The molecule has 0 unspecified atom stereocenters. The summed E-state index contributed by atoms with van der Waals surface area (Å²) in [7, 11) is 0. The Morgan fingerprint density at radius 3 is 2.76 bits per heavy atom. The van der Waals surface area contributed by atoms with E-state index >= 15 is 0 Å². The summed E-state index contributed by atoms with van der Waals surface area (Å²) < 4.78 is 13.3. The molecular weight excluding hydrogens is 265 g/mol. The molecule has 0 radical (unpaired) electrons. The molecule has 2 aromatic carbocycles. The van der Waals surface area contributed by atoms with Gasteiger partial charge in [0.2, 0.25) is 0 Å². The molecule has 108 valence electrons. The smallest absolute Gasteiger partial charge is 0.254 e. The highest BCUT2D eigenvalue weighted by Crippen LogP contribution is 2.34. The fourth-order valence-corrected chi connectivity index (χ4v) is 3.08. The van der Waals surface area contributed by atoms with E-state index in [1.807, 2.05) is 17.0 Å². The maximum atomic E-state index is 13.3. The molecule has 0 bridgehead atoms. The summed E-state index contributed by atoms with van der Waals surface area (Å²) in [4.78, 5) is 14.5. The number of nitrogens with zero attached hydrogens (tertiary/aromatic N) is 1. The molecule has 0 aliphatic carbocycles. The van der Waals surface area contributed by atoms with Gasteiger partial charge in [0.1, 0.15) is 5.82 Å². The average Bonchev–Trinajstić information content (AvgIpc) is 2.96. The van der Waals surface area contributed by atoms with Gasteiger partial charge in [-0.05, 0) is 49.1 Å². The summed E-state index contributed by atoms with van der Waals surface area (Å²) in [6, 6.07) is 14.2. The highest BCUT2D eigenvalue weighted by atomic mass is 19.1. The lowest BCUT2D eigenvalue weighted by Crippen LogP contribution is -2.30. The Kier molecular flexibility index (Phi) is 3.74. The quantitative estimate of drug-likeness (QED) is 0.812. The van der Waals surface area contributed by atoms with Gasteiger partial charge in [0.25, 0.3) is 5.91 Å². The molecule has 2 aromatic rings. The first kappa shape index (κ1) is 13.8.